The molecule has 1 aliphatic heterocycles. The van der Waals surface area contributed by atoms with Gasteiger partial charge < -0.3 is 20.7 Å². The number of benzene rings is 1. The molecule has 0 spiro atoms. The van der Waals surface area contributed by atoms with Crippen LogP contribution in [0.5, 0.6) is 0 Å². The van der Waals surface area contributed by atoms with Crippen LogP contribution in [0, 0.1) is 0 Å². The molecule has 0 saturated carbocycles. The molecule has 2 rings (SSSR count). The minimum Gasteiger partial charge on any atom is -0.375 e. The van der Waals surface area contributed by atoms with Gasteiger partial charge in [-0.2, -0.15) is 0 Å². The lowest BCUT2D eigenvalue weighted by atomic mass is 10.1. The molecule has 2 amide bonds. The van der Waals surface area contributed by atoms with Crippen molar-refractivity contribution in [2.45, 2.75) is 18.9 Å². The molecule has 3 N–H and O–H groups in total. The summed E-state index contributed by atoms with van der Waals surface area (Å²) in [7, 11) is 1.59. The molecule has 0 aliphatic carbocycles. The van der Waals surface area contributed by atoms with E-state index in [0.29, 0.717) is 25.3 Å². The highest BCUT2D eigenvalue weighted by Gasteiger charge is 2.18. The number of para-hydroxylation sites is 1. The van der Waals surface area contributed by atoms with Gasteiger partial charge in [0.05, 0.1) is 25.6 Å². The Morgan fingerprint density at radius 1 is 1.33 bits per heavy atom. The topological polar surface area (TPSA) is 79.5 Å². The second-order valence-corrected chi connectivity index (χ2v) is 4.96. The van der Waals surface area contributed by atoms with Gasteiger partial charge in [0.15, 0.2) is 0 Å². The van der Waals surface area contributed by atoms with Gasteiger partial charge in [-0.1, -0.05) is 18.2 Å². The fourth-order valence-corrected chi connectivity index (χ4v) is 2.22. The van der Waals surface area contributed by atoms with E-state index < -0.39 is 0 Å². The highest BCUT2D eigenvalue weighted by atomic mass is 16.5. The van der Waals surface area contributed by atoms with E-state index in [1.54, 1.807) is 13.1 Å². The smallest absolute Gasteiger partial charge is 0.227 e. The third-order valence-electron chi connectivity index (χ3n) is 3.34. The van der Waals surface area contributed by atoms with Crippen LogP contribution in [0.25, 0.3) is 0 Å². The van der Waals surface area contributed by atoms with Crippen LogP contribution in [0.1, 0.15) is 12.0 Å². The molecular formula is C15H21N3O3. The van der Waals surface area contributed by atoms with Crippen molar-refractivity contribution < 1.29 is 14.3 Å². The van der Waals surface area contributed by atoms with Crippen molar-refractivity contribution in [3.05, 3.63) is 29.8 Å². The summed E-state index contributed by atoms with van der Waals surface area (Å²) in [6, 6.07) is 7.32. The molecule has 1 aromatic carbocycles. The maximum Gasteiger partial charge on any atom is 0.227 e. The second-order valence-electron chi connectivity index (χ2n) is 4.96. The molecule has 21 heavy (non-hydrogen) atoms. The maximum absolute atomic E-state index is 12.1. The van der Waals surface area contributed by atoms with Gasteiger partial charge in [-0.3, -0.25) is 9.59 Å². The zero-order valence-corrected chi connectivity index (χ0v) is 12.1. The summed E-state index contributed by atoms with van der Waals surface area (Å²) in [5, 5.41) is 8.63. The number of likely N-dealkylation sites (N-methyl/N-ethyl adjacent to an activating group) is 1. The van der Waals surface area contributed by atoms with Crippen LogP contribution in [0.4, 0.5) is 5.69 Å². The van der Waals surface area contributed by atoms with Crippen molar-refractivity contribution in [2.24, 2.45) is 0 Å². The fraction of sp³-hybridized carbons (Fsp3) is 0.467. The van der Waals surface area contributed by atoms with Crippen LogP contribution in [-0.4, -0.2) is 44.7 Å². The minimum atomic E-state index is -0.104. The lowest BCUT2D eigenvalue weighted by Gasteiger charge is -2.23. The molecule has 114 valence electrons. The van der Waals surface area contributed by atoms with Crippen molar-refractivity contribution in [2.75, 3.05) is 32.1 Å². The number of ether oxygens (including phenoxy) is 1. The van der Waals surface area contributed by atoms with Crippen LogP contribution in [-0.2, 0) is 20.7 Å². The van der Waals surface area contributed by atoms with Gasteiger partial charge in [0.2, 0.25) is 11.8 Å². The van der Waals surface area contributed by atoms with Crippen molar-refractivity contribution in [3.8, 4) is 0 Å². The standard InChI is InChI=1S/C15H21N3O3/c1-16-14(19)8-11-4-2-3-5-13(11)18-15(20)9-12-10-17-6-7-21-12/h2-5,12,17H,6-10H2,1H3,(H,16,19)(H,18,20). The second kappa shape index (κ2) is 7.75. The molecule has 1 aromatic rings. The number of carbonyl (C=O) groups excluding carboxylic acids is 2. The van der Waals surface area contributed by atoms with Crippen LogP contribution in [0.15, 0.2) is 24.3 Å². The molecule has 6 nitrogen and oxygen atoms in total. The van der Waals surface area contributed by atoms with E-state index in [2.05, 4.69) is 16.0 Å². The Morgan fingerprint density at radius 2 is 2.14 bits per heavy atom. The van der Waals surface area contributed by atoms with Gasteiger partial charge in [-0.05, 0) is 11.6 Å². The summed E-state index contributed by atoms with van der Waals surface area (Å²) in [6.07, 6.45) is 0.459. The Hall–Kier alpha value is -1.92. The quantitative estimate of drug-likeness (QED) is 0.728. The van der Waals surface area contributed by atoms with Gasteiger partial charge in [-0.25, -0.2) is 0 Å². The van der Waals surface area contributed by atoms with Crippen LogP contribution >= 0.6 is 0 Å². The van der Waals surface area contributed by atoms with E-state index in [-0.39, 0.29) is 24.3 Å². The number of amides is 2. The van der Waals surface area contributed by atoms with Gasteiger partial charge in [0.25, 0.3) is 0 Å². The van der Waals surface area contributed by atoms with Crippen molar-refractivity contribution in [3.63, 3.8) is 0 Å². The summed E-state index contributed by atoms with van der Waals surface area (Å²) in [5.74, 6) is -0.190. The Balaban J connectivity index is 1.94. The Labute approximate surface area is 124 Å². The lowest BCUT2D eigenvalue weighted by molar-refractivity contribution is -0.120. The number of carbonyl (C=O) groups is 2. The maximum atomic E-state index is 12.1. The first-order chi connectivity index (χ1) is 10.2. The van der Waals surface area contributed by atoms with Crippen molar-refractivity contribution >= 4 is 17.5 Å². The van der Waals surface area contributed by atoms with Gasteiger partial charge in [-0.15, -0.1) is 0 Å². The molecule has 0 aromatic heterocycles. The first-order valence-electron chi connectivity index (χ1n) is 7.09. The zero-order valence-electron chi connectivity index (χ0n) is 12.1. The highest BCUT2D eigenvalue weighted by Crippen LogP contribution is 2.16. The first kappa shape index (κ1) is 15.5. The van der Waals surface area contributed by atoms with E-state index in [4.69, 9.17) is 4.74 Å². The Kier molecular flexibility index (Phi) is 5.71. The van der Waals surface area contributed by atoms with Crippen LogP contribution in [0.3, 0.4) is 0 Å². The zero-order chi connectivity index (χ0) is 15.1. The number of nitrogens with one attached hydrogen (secondary N) is 3. The molecule has 1 fully saturated rings. The van der Waals surface area contributed by atoms with Crippen molar-refractivity contribution in [1.82, 2.24) is 10.6 Å². The summed E-state index contributed by atoms with van der Waals surface area (Å²) in [5.41, 5.74) is 1.47. The summed E-state index contributed by atoms with van der Waals surface area (Å²) >= 11 is 0. The normalized spacial score (nSPS) is 18.0. The summed E-state index contributed by atoms with van der Waals surface area (Å²) in [4.78, 5) is 23.6. The lowest BCUT2D eigenvalue weighted by Crippen LogP contribution is -2.40. The summed E-state index contributed by atoms with van der Waals surface area (Å²) in [6.45, 7) is 2.14. The molecule has 0 bridgehead atoms. The third kappa shape index (κ3) is 4.84. The number of rotatable bonds is 5. The molecule has 1 aliphatic rings. The van der Waals surface area contributed by atoms with E-state index in [1.165, 1.54) is 0 Å². The third-order valence-corrected chi connectivity index (χ3v) is 3.34. The number of hydrogen-bond acceptors (Lipinski definition) is 4. The molecule has 1 saturated heterocycles. The predicted molar refractivity (Wildman–Crippen MR) is 80.1 cm³/mol. The Bertz CT molecular complexity index is 499. The van der Waals surface area contributed by atoms with Gasteiger partial charge in [0.1, 0.15) is 0 Å². The summed E-state index contributed by atoms with van der Waals surface area (Å²) < 4.78 is 5.51. The molecular weight excluding hydrogens is 270 g/mol. The Morgan fingerprint density at radius 3 is 2.86 bits per heavy atom. The van der Waals surface area contributed by atoms with Crippen LogP contribution < -0.4 is 16.0 Å². The van der Waals surface area contributed by atoms with Gasteiger partial charge >= 0.3 is 0 Å². The largest absolute Gasteiger partial charge is 0.375 e. The van der Waals surface area contributed by atoms with E-state index >= 15 is 0 Å². The first-order valence-corrected chi connectivity index (χ1v) is 7.09. The average Bonchev–Trinajstić information content (AvgIpc) is 2.50. The van der Waals surface area contributed by atoms with E-state index in [1.807, 2.05) is 18.2 Å². The average molecular weight is 291 g/mol. The molecule has 1 atom stereocenters. The molecule has 6 heteroatoms. The van der Waals surface area contributed by atoms with E-state index in [0.717, 1.165) is 12.1 Å². The predicted octanol–water partition coefficient (Wildman–Crippen LogP) is 0.292. The molecule has 1 unspecified atom stereocenters. The number of morpholine rings is 1. The van der Waals surface area contributed by atoms with Gasteiger partial charge in [0, 0.05) is 25.8 Å². The number of anilines is 1. The molecule has 1 heterocycles. The van der Waals surface area contributed by atoms with Crippen LogP contribution in [0.2, 0.25) is 0 Å². The monoisotopic (exact) mass is 291 g/mol. The fourth-order valence-electron chi connectivity index (χ4n) is 2.22. The highest BCUT2D eigenvalue weighted by molar-refractivity contribution is 5.93. The number of hydrogen-bond donors (Lipinski definition) is 3. The molecule has 0 radical (unpaired) electrons. The van der Waals surface area contributed by atoms with E-state index in [9.17, 15) is 9.59 Å². The minimum absolute atomic E-state index is 0.0866. The van der Waals surface area contributed by atoms with Crippen molar-refractivity contribution in [1.29, 1.82) is 0 Å². The SMILES string of the molecule is CNC(=O)Cc1ccccc1NC(=O)CC1CNCCO1.